The van der Waals surface area contributed by atoms with Gasteiger partial charge in [-0.3, -0.25) is 9.69 Å². The summed E-state index contributed by atoms with van der Waals surface area (Å²) < 4.78 is 0. The second-order valence-electron chi connectivity index (χ2n) is 10.1. The molecule has 1 amide bonds. The summed E-state index contributed by atoms with van der Waals surface area (Å²) in [7, 11) is 0. The molecule has 5 nitrogen and oxygen atoms in total. The molecule has 1 aromatic carbocycles. The van der Waals surface area contributed by atoms with Crippen molar-refractivity contribution >= 4 is 17.2 Å². The van der Waals surface area contributed by atoms with Crippen LogP contribution in [0.15, 0.2) is 30.3 Å². The summed E-state index contributed by atoms with van der Waals surface area (Å²) in [6, 6.07) is 11.9. The molecule has 3 aliphatic rings. The number of benzene rings is 1. The number of aliphatic hydroxyl groups excluding tert-OH is 1. The van der Waals surface area contributed by atoms with Crippen molar-refractivity contribution in [3.05, 3.63) is 56.8 Å². The number of hydrogen-bond acceptors (Lipinski definition) is 5. The summed E-state index contributed by atoms with van der Waals surface area (Å²) in [6.07, 6.45) is 10.5. The van der Waals surface area contributed by atoms with Crippen LogP contribution in [-0.2, 0) is 25.8 Å². The van der Waals surface area contributed by atoms with Gasteiger partial charge in [-0.1, -0.05) is 43.5 Å². The van der Waals surface area contributed by atoms with Crippen molar-refractivity contribution in [3.63, 3.8) is 0 Å². The Bertz CT molecular complexity index is 953. The summed E-state index contributed by atoms with van der Waals surface area (Å²) in [4.78, 5) is 17.2. The lowest BCUT2D eigenvalue weighted by Crippen LogP contribution is -2.42. The van der Waals surface area contributed by atoms with E-state index in [2.05, 4.69) is 45.9 Å². The van der Waals surface area contributed by atoms with Gasteiger partial charge in [-0.15, -0.1) is 11.3 Å². The standard InChI is InChI=1S/C27H37N3O2S/c31-24(18-30-13-12-19-6-4-5-7-20(19)17-30)16-28-27(32)26-15-21-14-23(10-11-25(21)33-26)29-22-8-2-1-3-9-22/h4-7,15,22-24,29,31H,1-3,8-14,16-18H2,(H,28,32). The Labute approximate surface area is 201 Å². The maximum Gasteiger partial charge on any atom is 0.261 e. The largest absolute Gasteiger partial charge is 0.390 e. The molecule has 1 aliphatic heterocycles. The zero-order chi connectivity index (χ0) is 22.6. The zero-order valence-corrected chi connectivity index (χ0v) is 20.3. The Hall–Kier alpha value is -1.73. The molecular weight excluding hydrogens is 430 g/mol. The fraction of sp³-hybridized carbons (Fsp3) is 0.593. The number of aryl methyl sites for hydroxylation is 1. The lowest BCUT2D eigenvalue weighted by Gasteiger charge is -2.30. The lowest BCUT2D eigenvalue weighted by atomic mass is 9.90. The molecule has 1 fully saturated rings. The van der Waals surface area contributed by atoms with E-state index >= 15 is 0 Å². The summed E-state index contributed by atoms with van der Waals surface area (Å²) >= 11 is 1.64. The van der Waals surface area contributed by atoms with Crippen LogP contribution in [0.25, 0.3) is 0 Å². The highest BCUT2D eigenvalue weighted by Crippen LogP contribution is 2.31. The molecule has 2 heterocycles. The third-order valence-corrected chi connectivity index (χ3v) is 8.80. The van der Waals surface area contributed by atoms with Crippen LogP contribution in [0.2, 0.25) is 0 Å². The van der Waals surface area contributed by atoms with Crippen LogP contribution in [0.4, 0.5) is 0 Å². The highest BCUT2D eigenvalue weighted by molar-refractivity contribution is 7.14. The first-order valence-electron chi connectivity index (χ1n) is 12.8. The first-order chi connectivity index (χ1) is 16.1. The number of rotatable bonds is 7. The molecule has 6 heteroatoms. The molecule has 33 heavy (non-hydrogen) atoms. The zero-order valence-electron chi connectivity index (χ0n) is 19.5. The highest BCUT2D eigenvalue weighted by atomic mass is 32.1. The van der Waals surface area contributed by atoms with Gasteiger partial charge in [0.2, 0.25) is 0 Å². The molecule has 0 saturated heterocycles. The number of carbonyl (C=O) groups is 1. The topological polar surface area (TPSA) is 64.6 Å². The molecule has 3 N–H and O–H groups in total. The number of thiophene rings is 1. The van der Waals surface area contributed by atoms with Gasteiger partial charge in [0.1, 0.15) is 0 Å². The minimum absolute atomic E-state index is 0.0470. The molecule has 2 unspecified atom stereocenters. The fourth-order valence-electron chi connectivity index (χ4n) is 5.75. The van der Waals surface area contributed by atoms with E-state index in [1.807, 2.05) is 0 Å². The number of fused-ring (bicyclic) bond motifs is 2. The van der Waals surface area contributed by atoms with Crippen molar-refractivity contribution < 1.29 is 9.90 Å². The summed E-state index contributed by atoms with van der Waals surface area (Å²) in [5.74, 6) is -0.0470. The molecule has 5 rings (SSSR count). The van der Waals surface area contributed by atoms with Crippen molar-refractivity contribution in [3.8, 4) is 0 Å². The quantitative estimate of drug-likeness (QED) is 0.581. The molecule has 1 saturated carbocycles. The molecule has 178 valence electrons. The molecule has 0 spiro atoms. The molecular formula is C27H37N3O2S. The molecule has 2 atom stereocenters. The second kappa shape index (κ2) is 10.7. The summed E-state index contributed by atoms with van der Waals surface area (Å²) in [5, 5.41) is 17.4. The third-order valence-electron chi connectivity index (χ3n) is 7.56. The molecule has 0 bridgehead atoms. The van der Waals surface area contributed by atoms with Crippen molar-refractivity contribution in [2.24, 2.45) is 0 Å². The minimum atomic E-state index is -0.558. The average Bonchev–Trinajstić information content (AvgIpc) is 3.27. The SMILES string of the molecule is O=C(NCC(O)CN1CCc2ccccc2C1)c1cc2c(s1)CCC(NC1CCCCC1)C2. The number of aliphatic hydroxyl groups is 1. The molecule has 2 aliphatic carbocycles. The minimum Gasteiger partial charge on any atom is -0.390 e. The highest BCUT2D eigenvalue weighted by Gasteiger charge is 2.26. The molecule has 1 aromatic heterocycles. The number of carbonyl (C=O) groups excluding carboxylic acids is 1. The Kier molecular flexibility index (Phi) is 7.46. The Balaban J connectivity index is 1.09. The van der Waals surface area contributed by atoms with E-state index in [0.29, 0.717) is 25.2 Å². The predicted molar refractivity (Wildman–Crippen MR) is 134 cm³/mol. The Morgan fingerprint density at radius 2 is 1.88 bits per heavy atom. The van der Waals surface area contributed by atoms with E-state index in [-0.39, 0.29) is 5.91 Å². The van der Waals surface area contributed by atoms with Crippen LogP contribution in [-0.4, -0.2) is 53.7 Å². The van der Waals surface area contributed by atoms with Crippen LogP contribution >= 0.6 is 11.3 Å². The van der Waals surface area contributed by atoms with Crippen molar-refractivity contribution in [2.75, 3.05) is 19.6 Å². The van der Waals surface area contributed by atoms with E-state index in [1.165, 1.54) is 60.1 Å². The van der Waals surface area contributed by atoms with Gasteiger partial charge in [0, 0.05) is 43.1 Å². The van der Waals surface area contributed by atoms with E-state index in [4.69, 9.17) is 0 Å². The Morgan fingerprint density at radius 1 is 1.06 bits per heavy atom. The van der Waals surface area contributed by atoms with Gasteiger partial charge in [0.05, 0.1) is 11.0 Å². The van der Waals surface area contributed by atoms with Crippen LogP contribution < -0.4 is 10.6 Å². The van der Waals surface area contributed by atoms with Gasteiger partial charge in [0.15, 0.2) is 0 Å². The Morgan fingerprint density at radius 3 is 2.73 bits per heavy atom. The van der Waals surface area contributed by atoms with E-state index < -0.39 is 6.10 Å². The van der Waals surface area contributed by atoms with Crippen LogP contribution in [0, 0.1) is 0 Å². The van der Waals surface area contributed by atoms with Crippen LogP contribution in [0.3, 0.4) is 0 Å². The maximum atomic E-state index is 12.8. The number of nitrogens with zero attached hydrogens (tertiary/aromatic N) is 1. The molecule has 2 aromatic rings. The first kappa shape index (κ1) is 23.0. The van der Waals surface area contributed by atoms with Gasteiger partial charge in [-0.05, 0) is 61.3 Å². The second-order valence-corrected chi connectivity index (χ2v) is 11.3. The smallest absolute Gasteiger partial charge is 0.261 e. The van der Waals surface area contributed by atoms with Crippen molar-refractivity contribution in [1.29, 1.82) is 0 Å². The first-order valence-corrected chi connectivity index (χ1v) is 13.6. The van der Waals surface area contributed by atoms with Crippen molar-refractivity contribution in [1.82, 2.24) is 15.5 Å². The molecule has 0 radical (unpaired) electrons. The van der Waals surface area contributed by atoms with Crippen LogP contribution in [0.1, 0.15) is 69.8 Å². The van der Waals surface area contributed by atoms with Crippen molar-refractivity contribution in [2.45, 2.75) is 82.5 Å². The number of nitrogens with one attached hydrogen (secondary N) is 2. The average molecular weight is 468 g/mol. The van der Waals surface area contributed by atoms with Gasteiger partial charge < -0.3 is 15.7 Å². The fourth-order valence-corrected chi connectivity index (χ4v) is 6.88. The monoisotopic (exact) mass is 467 g/mol. The van der Waals surface area contributed by atoms with Gasteiger partial charge in [-0.25, -0.2) is 0 Å². The summed E-state index contributed by atoms with van der Waals surface area (Å²) in [6.45, 7) is 2.71. The van der Waals surface area contributed by atoms with E-state index in [1.54, 1.807) is 11.3 Å². The third kappa shape index (κ3) is 5.86. The lowest BCUT2D eigenvalue weighted by molar-refractivity contribution is 0.0845. The van der Waals surface area contributed by atoms with E-state index in [0.717, 1.165) is 37.2 Å². The predicted octanol–water partition coefficient (Wildman–Crippen LogP) is 3.68. The van der Waals surface area contributed by atoms with E-state index in [9.17, 15) is 9.90 Å². The maximum absolute atomic E-state index is 12.8. The van der Waals surface area contributed by atoms with Gasteiger partial charge in [-0.2, -0.15) is 0 Å². The van der Waals surface area contributed by atoms with Crippen LogP contribution in [0.5, 0.6) is 0 Å². The number of β-amino-alcohol motifs (C(OH)–C–C–N with tert-alkyl or cyclic N) is 1. The summed E-state index contributed by atoms with van der Waals surface area (Å²) in [5.41, 5.74) is 4.10. The normalized spacial score (nSPS) is 22.4. The van der Waals surface area contributed by atoms with Gasteiger partial charge in [0.25, 0.3) is 5.91 Å². The number of hydrogen-bond donors (Lipinski definition) is 3. The van der Waals surface area contributed by atoms with Gasteiger partial charge >= 0.3 is 0 Å². The number of amides is 1.